The van der Waals surface area contributed by atoms with Crippen molar-refractivity contribution in [2.45, 2.75) is 13.0 Å². The van der Waals surface area contributed by atoms with Crippen molar-refractivity contribution in [3.05, 3.63) is 65.7 Å². The molecular formula is C16H15NO3. The average Bonchev–Trinajstić information content (AvgIpc) is 2.52. The van der Waals surface area contributed by atoms with Gasteiger partial charge in [0.1, 0.15) is 12.4 Å². The minimum absolute atomic E-state index is 0.0840. The molecule has 1 N–H and O–H groups in total. The maximum absolute atomic E-state index is 11.7. The van der Waals surface area contributed by atoms with E-state index in [2.05, 4.69) is 5.16 Å². The molecule has 102 valence electrons. The lowest BCUT2D eigenvalue weighted by atomic mass is 10.1. The van der Waals surface area contributed by atoms with E-state index in [1.165, 1.54) is 6.21 Å². The maximum atomic E-state index is 11.7. The Morgan fingerprint density at radius 1 is 1.10 bits per heavy atom. The lowest BCUT2D eigenvalue weighted by Gasteiger charge is -2.06. The zero-order valence-corrected chi connectivity index (χ0v) is 10.9. The van der Waals surface area contributed by atoms with Gasteiger partial charge in [0.05, 0.1) is 6.21 Å². The molecule has 2 aromatic rings. The van der Waals surface area contributed by atoms with E-state index >= 15 is 0 Å². The van der Waals surface area contributed by atoms with Crippen molar-refractivity contribution in [1.29, 1.82) is 0 Å². The number of carbonyl (C=O) groups is 1. The van der Waals surface area contributed by atoms with Crippen LogP contribution >= 0.6 is 0 Å². The summed E-state index contributed by atoms with van der Waals surface area (Å²) in [4.78, 5) is 11.7. The SMILES string of the molecule is O=C(CC=NO)c1ccc(OCc2ccccc2)cc1. The number of nitrogens with zero attached hydrogens (tertiary/aromatic N) is 1. The van der Waals surface area contributed by atoms with Gasteiger partial charge in [0.25, 0.3) is 0 Å². The third-order valence-corrected chi connectivity index (χ3v) is 2.78. The normalized spacial score (nSPS) is 10.6. The summed E-state index contributed by atoms with van der Waals surface area (Å²) >= 11 is 0. The van der Waals surface area contributed by atoms with E-state index in [-0.39, 0.29) is 12.2 Å². The molecule has 2 rings (SSSR count). The fourth-order valence-electron chi connectivity index (χ4n) is 1.72. The van der Waals surface area contributed by atoms with Gasteiger partial charge >= 0.3 is 0 Å². The summed E-state index contributed by atoms with van der Waals surface area (Å²) in [5.41, 5.74) is 1.66. The van der Waals surface area contributed by atoms with E-state index in [1.807, 2.05) is 30.3 Å². The molecule has 0 unspecified atom stereocenters. The van der Waals surface area contributed by atoms with Gasteiger partial charge in [-0.25, -0.2) is 0 Å². The lowest BCUT2D eigenvalue weighted by molar-refractivity contribution is 0.100. The van der Waals surface area contributed by atoms with Gasteiger partial charge in [0.15, 0.2) is 5.78 Å². The predicted molar refractivity (Wildman–Crippen MR) is 76.4 cm³/mol. The van der Waals surface area contributed by atoms with Gasteiger partial charge in [-0.2, -0.15) is 0 Å². The molecule has 0 saturated heterocycles. The Hall–Kier alpha value is -2.62. The molecule has 0 amide bonds. The van der Waals surface area contributed by atoms with Gasteiger partial charge in [-0.15, -0.1) is 5.16 Å². The monoisotopic (exact) mass is 269 g/mol. The van der Waals surface area contributed by atoms with E-state index < -0.39 is 0 Å². The maximum Gasteiger partial charge on any atom is 0.168 e. The van der Waals surface area contributed by atoms with Crippen LogP contribution in [0, 0.1) is 0 Å². The summed E-state index contributed by atoms with van der Waals surface area (Å²) in [5, 5.41) is 11.1. The third-order valence-electron chi connectivity index (χ3n) is 2.78. The highest BCUT2D eigenvalue weighted by molar-refractivity contribution is 6.03. The van der Waals surface area contributed by atoms with Crippen molar-refractivity contribution in [3.8, 4) is 5.75 Å². The molecular weight excluding hydrogens is 254 g/mol. The molecule has 4 heteroatoms. The van der Waals surface area contributed by atoms with Crippen LogP contribution in [0.5, 0.6) is 5.75 Å². The van der Waals surface area contributed by atoms with Crippen molar-refractivity contribution in [2.24, 2.45) is 5.16 Å². The van der Waals surface area contributed by atoms with E-state index in [1.54, 1.807) is 24.3 Å². The Kier molecular flexibility index (Phi) is 4.89. The zero-order valence-electron chi connectivity index (χ0n) is 10.9. The number of ketones is 1. The summed E-state index contributed by atoms with van der Waals surface area (Å²) in [7, 11) is 0. The summed E-state index contributed by atoms with van der Waals surface area (Å²) in [6.45, 7) is 0.491. The first-order valence-corrected chi connectivity index (χ1v) is 6.25. The first kappa shape index (κ1) is 13.8. The van der Waals surface area contributed by atoms with Crippen LogP contribution in [0.25, 0.3) is 0 Å². The van der Waals surface area contributed by atoms with Gasteiger partial charge in [-0.3, -0.25) is 4.79 Å². The van der Waals surface area contributed by atoms with Crippen molar-refractivity contribution in [2.75, 3.05) is 0 Å². The van der Waals surface area contributed by atoms with Gasteiger partial charge in [0, 0.05) is 12.0 Å². The number of ether oxygens (including phenoxy) is 1. The molecule has 0 spiro atoms. The lowest BCUT2D eigenvalue weighted by Crippen LogP contribution is -2.00. The first-order chi connectivity index (χ1) is 9.79. The smallest absolute Gasteiger partial charge is 0.168 e. The Morgan fingerprint density at radius 3 is 2.45 bits per heavy atom. The fourth-order valence-corrected chi connectivity index (χ4v) is 1.72. The number of carbonyl (C=O) groups excluding carboxylic acids is 1. The summed E-state index contributed by atoms with van der Waals surface area (Å²) in [6, 6.07) is 16.8. The Balaban J connectivity index is 1.93. The minimum Gasteiger partial charge on any atom is -0.489 e. The molecule has 0 saturated carbocycles. The van der Waals surface area contributed by atoms with Gasteiger partial charge in [0.2, 0.25) is 0 Å². The highest BCUT2D eigenvalue weighted by atomic mass is 16.5. The number of hydrogen-bond donors (Lipinski definition) is 1. The molecule has 20 heavy (non-hydrogen) atoms. The van der Waals surface area contributed by atoms with Gasteiger partial charge in [-0.05, 0) is 29.8 Å². The number of rotatable bonds is 6. The second kappa shape index (κ2) is 7.09. The molecule has 0 aliphatic rings. The Morgan fingerprint density at radius 2 is 1.80 bits per heavy atom. The Labute approximate surface area is 117 Å². The quantitative estimate of drug-likeness (QED) is 0.379. The molecule has 0 fully saturated rings. The van der Waals surface area contributed by atoms with Crippen LogP contribution in [0.2, 0.25) is 0 Å². The molecule has 0 radical (unpaired) electrons. The fraction of sp³-hybridized carbons (Fsp3) is 0.125. The van der Waals surface area contributed by atoms with Crippen LogP contribution in [0.15, 0.2) is 59.8 Å². The van der Waals surface area contributed by atoms with E-state index in [9.17, 15) is 4.79 Å². The van der Waals surface area contributed by atoms with E-state index in [4.69, 9.17) is 9.94 Å². The largest absolute Gasteiger partial charge is 0.489 e. The number of benzene rings is 2. The summed E-state index contributed by atoms with van der Waals surface area (Å²) < 4.78 is 5.63. The first-order valence-electron chi connectivity index (χ1n) is 6.25. The number of oxime groups is 1. The molecule has 0 aromatic heterocycles. The van der Waals surface area contributed by atoms with Crippen LogP contribution in [0.3, 0.4) is 0 Å². The molecule has 4 nitrogen and oxygen atoms in total. The topological polar surface area (TPSA) is 58.9 Å². The van der Waals surface area contributed by atoms with E-state index in [0.29, 0.717) is 17.9 Å². The van der Waals surface area contributed by atoms with Crippen LogP contribution < -0.4 is 4.74 Å². The van der Waals surface area contributed by atoms with Gasteiger partial charge in [-0.1, -0.05) is 30.3 Å². The summed E-state index contributed by atoms with van der Waals surface area (Å²) in [5.74, 6) is 0.610. The number of hydrogen-bond acceptors (Lipinski definition) is 4. The van der Waals surface area contributed by atoms with Crippen molar-refractivity contribution in [3.63, 3.8) is 0 Å². The highest BCUT2D eigenvalue weighted by Gasteiger charge is 2.04. The van der Waals surface area contributed by atoms with E-state index in [0.717, 1.165) is 5.56 Å². The minimum atomic E-state index is -0.0996. The molecule has 0 aliphatic heterocycles. The van der Waals surface area contributed by atoms with Gasteiger partial charge < -0.3 is 9.94 Å². The molecule has 2 aromatic carbocycles. The van der Waals surface area contributed by atoms with Crippen molar-refractivity contribution < 1.29 is 14.7 Å². The van der Waals surface area contributed by atoms with Crippen LogP contribution in [0.1, 0.15) is 22.3 Å². The van der Waals surface area contributed by atoms with Crippen LogP contribution in [-0.2, 0) is 6.61 Å². The standard InChI is InChI=1S/C16H15NO3/c18-16(10-11-17-19)14-6-8-15(9-7-14)20-12-13-4-2-1-3-5-13/h1-9,11,19H,10,12H2. The van der Waals surface area contributed by atoms with Crippen LogP contribution in [-0.4, -0.2) is 17.2 Å². The molecule has 0 bridgehead atoms. The zero-order chi connectivity index (χ0) is 14.2. The second-order valence-electron chi connectivity index (χ2n) is 4.22. The average molecular weight is 269 g/mol. The molecule has 0 atom stereocenters. The predicted octanol–water partition coefficient (Wildman–Crippen LogP) is 3.30. The third kappa shape index (κ3) is 3.95. The highest BCUT2D eigenvalue weighted by Crippen LogP contribution is 2.15. The van der Waals surface area contributed by atoms with Crippen molar-refractivity contribution in [1.82, 2.24) is 0 Å². The molecule has 0 heterocycles. The Bertz CT molecular complexity index is 576. The summed E-state index contributed by atoms with van der Waals surface area (Å²) in [6.07, 6.45) is 1.25. The van der Waals surface area contributed by atoms with Crippen LogP contribution in [0.4, 0.5) is 0 Å². The second-order valence-corrected chi connectivity index (χ2v) is 4.22. The van der Waals surface area contributed by atoms with Crippen molar-refractivity contribution >= 4 is 12.0 Å². The number of Topliss-reactive ketones (excluding diaryl/α,β-unsaturated/α-hetero) is 1. The molecule has 0 aliphatic carbocycles.